The second-order valence-electron chi connectivity index (χ2n) is 5.89. The standard InChI is InChI=1S/C18H25N5O2.HI/c1-19-18(21-13-17-4-3-11-25-17)20-12-14-9-10-23(22-14)15-5-7-16(24-2)8-6-15;/h5-10,17H,3-4,11-13H2,1-2H3,(H2,19,20,21);1H. The van der Waals surface area contributed by atoms with E-state index in [0.717, 1.165) is 49.1 Å². The first-order valence-electron chi connectivity index (χ1n) is 8.53. The van der Waals surface area contributed by atoms with Gasteiger partial charge >= 0.3 is 0 Å². The Morgan fingerprint density at radius 2 is 2.12 bits per heavy atom. The molecule has 2 N–H and O–H groups in total. The summed E-state index contributed by atoms with van der Waals surface area (Å²) < 4.78 is 12.6. The summed E-state index contributed by atoms with van der Waals surface area (Å²) in [6.45, 7) is 2.25. The highest BCUT2D eigenvalue weighted by molar-refractivity contribution is 14.0. The Bertz CT molecular complexity index is 696. The zero-order valence-electron chi connectivity index (χ0n) is 15.1. The molecule has 3 rings (SSSR count). The van der Waals surface area contributed by atoms with Crippen LogP contribution in [0.15, 0.2) is 41.5 Å². The van der Waals surface area contributed by atoms with Crippen LogP contribution in [-0.2, 0) is 11.3 Å². The lowest BCUT2D eigenvalue weighted by molar-refractivity contribution is 0.114. The molecule has 1 saturated heterocycles. The van der Waals surface area contributed by atoms with Crippen LogP contribution in [0.5, 0.6) is 5.75 Å². The minimum atomic E-state index is 0. The minimum Gasteiger partial charge on any atom is -0.497 e. The highest BCUT2D eigenvalue weighted by Crippen LogP contribution is 2.14. The van der Waals surface area contributed by atoms with Crippen molar-refractivity contribution < 1.29 is 9.47 Å². The monoisotopic (exact) mass is 471 g/mol. The molecule has 2 heterocycles. The van der Waals surface area contributed by atoms with Crippen molar-refractivity contribution in [3.8, 4) is 11.4 Å². The first-order chi connectivity index (χ1) is 12.3. The molecule has 2 aromatic rings. The largest absolute Gasteiger partial charge is 0.497 e. The van der Waals surface area contributed by atoms with Crippen LogP contribution in [0.3, 0.4) is 0 Å². The number of halogens is 1. The Kier molecular flexibility index (Phi) is 8.17. The summed E-state index contributed by atoms with van der Waals surface area (Å²) in [5, 5.41) is 11.2. The van der Waals surface area contributed by atoms with Crippen LogP contribution >= 0.6 is 24.0 Å². The van der Waals surface area contributed by atoms with E-state index in [-0.39, 0.29) is 30.1 Å². The number of rotatable bonds is 6. The van der Waals surface area contributed by atoms with E-state index in [0.29, 0.717) is 6.54 Å². The SMILES string of the molecule is CN=C(NCc1ccn(-c2ccc(OC)cc2)n1)NCC1CCCO1.I. The van der Waals surface area contributed by atoms with E-state index in [2.05, 4.69) is 20.7 Å². The Hall–Kier alpha value is -1.81. The van der Waals surface area contributed by atoms with E-state index < -0.39 is 0 Å². The number of hydrogen-bond acceptors (Lipinski definition) is 4. The molecule has 0 amide bonds. The van der Waals surface area contributed by atoms with E-state index in [9.17, 15) is 0 Å². The average Bonchev–Trinajstić information content (AvgIpc) is 3.34. The molecule has 0 radical (unpaired) electrons. The van der Waals surface area contributed by atoms with Crippen molar-refractivity contribution in [1.82, 2.24) is 20.4 Å². The van der Waals surface area contributed by atoms with E-state index >= 15 is 0 Å². The van der Waals surface area contributed by atoms with Gasteiger partial charge in [0.15, 0.2) is 5.96 Å². The molecule has 7 nitrogen and oxygen atoms in total. The third-order valence-electron chi connectivity index (χ3n) is 4.16. The normalized spacial score (nSPS) is 16.8. The van der Waals surface area contributed by atoms with E-state index in [1.807, 2.05) is 41.2 Å². The second kappa shape index (κ2) is 10.4. The molecular weight excluding hydrogens is 445 g/mol. The number of aromatic nitrogens is 2. The van der Waals surface area contributed by atoms with Crippen LogP contribution < -0.4 is 15.4 Å². The molecule has 0 spiro atoms. The van der Waals surface area contributed by atoms with Crippen molar-refractivity contribution in [3.63, 3.8) is 0 Å². The third-order valence-corrected chi connectivity index (χ3v) is 4.16. The smallest absolute Gasteiger partial charge is 0.191 e. The average molecular weight is 471 g/mol. The molecule has 1 unspecified atom stereocenters. The topological polar surface area (TPSA) is 72.7 Å². The van der Waals surface area contributed by atoms with Gasteiger partial charge in [-0.1, -0.05) is 0 Å². The van der Waals surface area contributed by atoms with E-state index in [1.54, 1.807) is 14.2 Å². The highest BCUT2D eigenvalue weighted by Gasteiger charge is 2.15. The lowest BCUT2D eigenvalue weighted by atomic mass is 10.2. The van der Waals surface area contributed by atoms with E-state index in [1.165, 1.54) is 0 Å². The van der Waals surface area contributed by atoms with Gasteiger partial charge in [0.25, 0.3) is 0 Å². The number of aliphatic imine (C=N–C) groups is 1. The Balaban J connectivity index is 0.00000243. The number of guanidine groups is 1. The predicted molar refractivity (Wildman–Crippen MR) is 113 cm³/mol. The summed E-state index contributed by atoms with van der Waals surface area (Å²) in [5.74, 6) is 1.59. The van der Waals surface area contributed by atoms with Gasteiger partial charge in [-0.15, -0.1) is 24.0 Å². The molecule has 26 heavy (non-hydrogen) atoms. The summed E-state index contributed by atoms with van der Waals surface area (Å²) in [5.41, 5.74) is 1.93. The van der Waals surface area contributed by atoms with E-state index in [4.69, 9.17) is 9.47 Å². The molecule has 142 valence electrons. The van der Waals surface area contributed by atoms with Gasteiger partial charge in [0.2, 0.25) is 0 Å². The third kappa shape index (κ3) is 5.60. The van der Waals surface area contributed by atoms with Crippen LogP contribution in [0.1, 0.15) is 18.5 Å². The van der Waals surface area contributed by atoms with Crippen molar-refractivity contribution in [1.29, 1.82) is 0 Å². The fourth-order valence-corrected chi connectivity index (χ4v) is 2.75. The molecule has 0 bridgehead atoms. The van der Waals surface area contributed by atoms with Crippen LogP contribution in [-0.4, -0.2) is 49.2 Å². The van der Waals surface area contributed by atoms with Crippen LogP contribution in [0.25, 0.3) is 5.69 Å². The van der Waals surface area contributed by atoms with Crippen molar-refractivity contribution in [3.05, 3.63) is 42.2 Å². The van der Waals surface area contributed by atoms with Crippen LogP contribution in [0.4, 0.5) is 0 Å². The summed E-state index contributed by atoms with van der Waals surface area (Å²) in [6.07, 6.45) is 4.48. The first kappa shape index (κ1) is 20.5. The molecule has 0 aliphatic carbocycles. The maximum atomic E-state index is 5.61. The van der Waals surface area contributed by atoms with Crippen molar-refractivity contribution in [2.24, 2.45) is 4.99 Å². The number of nitrogens with zero attached hydrogens (tertiary/aromatic N) is 3. The van der Waals surface area contributed by atoms with Gasteiger partial charge in [-0.3, -0.25) is 4.99 Å². The van der Waals surface area contributed by atoms with Crippen LogP contribution in [0.2, 0.25) is 0 Å². The Morgan fingerprint density at radius 1 is 1.31 bits per heavy atom. The first-order valence-corrected chi connectivity index (χ1v) is 8.53. The Labute approximate surface area is 171 Å². The van der Waals surface area contributed by atoms with Gasteiger partial charge in [0, 0.05) is 26.4 Å². The number of nitrogens with one attached hydrogen (secondary N) is 2. The molecule has 1 aromatic heterocycles. The number of hydrogen-bond donors (Lipinski definition) is 2. The predicted octanol–water partition coefficient (Wildman–Crippen LogP) is 2.34. The lowest BCUT2D eigenvalue weighted by Crippen LogP contribution is -2.40. The van der Waals surface area contributed by atoms with Gasteiger partial charge in [-0.25, -0.2) is 4.68 Å². The molecule has 8 heteroatoms. The zero-order valence-corrected chi connectivity index (χ0v) is 17.5. The number of methoxy groups -OCH3 is 1. The quantitative estimate of drug-likeness (QED) is 0.385. The van der Waals surface area contributed by atoms with Gasteiger partial charge < -0.3 is 20.1 Å². The fraction of sp³-hybridized carbons (Fsp3) is 0.444. The summed E-state index contributed by atoms with van der Waals surface area (Å²) in [7, 11) is 3.42. The zero-order chi connectivity index (χ0) is 17.5. The van der Waals surface area contributed by atoms with Crippen LogP contribution in [0, 0.1) is 0 Å². The van der Waals surface area contributed by atoms with Gasteiger partial charge in [0.05, 0.1) is 31.1 Å². The molecule has 1 aromatic carbocycles. The molecule has 1 aliphatic heterocycles. The van der Waals surface area contributed by atoms with Gasteiger partial charge in [-0.2, -0.15) is 5.10 Å². The molecule has 1 atom stereocenters. The fourth-order valence-electron chi connectivity index (χ4n) is 2.75. The maximum Gasteiger partial charge on any atom is 0.191 e. The summed E-state index contributed by atoms with van der Waals surface area (Å²) in [6, 6.07) is 9.79. The maximum absolute atomic E-state index is 5.61. The lowest BCUT2D eigenvalue weighted by Gasteiger charge is -2.14. The number of benzene rings is 1. The minimum absolute atomic E-state index is 0. The molecule has 1 aliphatic rings. The van der Waals surface area contributed by atoms with Crippen molar-refractivity contribution >= 4 is 29.9 Å². The van der Waals surface area contributed by atoms with Crippen molar-refractivity contribution in [2.75, 3.05) is 27.3 Å². The summed E-state index contributed by atoms with van der Waals surface area (Å²) >= 11 is 0. The summed E-state index contributed by atoms with van der Waals surface area (Å²) in [4.78, 5) is 4.24. The van der Waals surface area contributed by atoms with Crippen molar-refractivity contribution in [2.45, 2.75) is 25.5 Å². The highest BCUT2D eigenvalue weighted by atomic mass is 127. The molecule has 1 fully saturated rings. The second-order valence-corrected chi connectivity index (χ2v) is 5.89. The number of ether oxygens (including phenoxy) is 2. The Morgan fingerprint density at radius 3 is 2.77 bits per heavy atom. The molecule has 0 saturated carbocycles. The van der Waals surface area contributed by atoms with Gasteiger partial charge in [0.1, 0.15) is 5.75 Å². The van der Waals surface area contributed by atoms with Gasteiger partial charge in [-0.05, 0) is 43.2 Å². The molecular formula is C18H26IN5O2.